The van der Waals surface area contributed by atoms with Crippen molar-refractivity contribution in [2.24, 2.45) is 0 Å². The summed E-state index contributed by atoms with van der Waals surface area (Å²) in [6.07, 6.45) is 2.76. The molecule has 0 unspecified atom stereocenters. The van der Waals surface area contributed by atoms with Gasteiger partial charge in [0.2, 0.25) is 5.82 Å². The Morgan fingerprint density at radius 1 is 1.00 bits per heavy atom. The molecule has 0 saturated carbocycles. The van der Waals surface area contributed by atoms with Gasteiger partial charge in [0.15, 0.2) is 24.7 Å². The number of esters is 1. The van der Waals surface area contributed by atoms with Crippen LogP contribution in [0.5, 0.6) is 23.0 Å². The van der Waals surface area contributed by atoms with Crippen molar-refractivity contribution in [3.63, 3.8) is 0 Å². The number of carbonyl (C=O) groups is 1. The molecular formula is C22H21FN2O7. The van der Waals surface area contributed by atoms with Gasteiger partial charge in [0.1, 0.15) is 17.3 Å². The molecule has 0 aliphatic carbocycles. The third-order valence-electron chi connectivity index (χ3n) is 4.16. The molecule has 32 heavy (non-hydrogen) atoms. The number of aromatic nitrogens is 2. The Morgan fingerprint density at radius 3 is 2.38 bits per heavy atom. The van der Waals surface area contributed by atoms with E-state index in [4.69, 9.17) is 28.2 Å². The maximum Gasteiger partial charge on any atom is 0.331 e. The topological polar surface area (TPSA) is 102 Å². The molecule has 0 aliphatic rings. The number of methoxy groups -OCH3 is 3. The number of benzene rings is 2. The van der Waals surface area contributed by atoms with Crippen molar-refractivity contribution in [1.82, 2.24) is 10.1 Å². The van der Waals surface area contributed by atoms with Crippen molar-refractivity contribution >= 4 is 12.0 Å². The minimum Gasteiger partial charge on any atom is -0.496 e. The van der Waals surface area contributed by atoms with Crippen molar-refractivity contribution in [1.29, 1.82) is 0 Å². The molecule has 0 bridgehead atoms. The SMILES string of the molecule is COc1cc(OC)c(OC)cc1/C=C/C(=O)OCc1nc(COc2ccc(F)cc2)no1. The highest BCUT2D eigenvalue weighted by Crippen LogP contribution is 2.35. The summed E-state index contributed by atoms with van der Waals surface area (Å²) in [5.41, 5.74) is 0.597. The lowest BCUT2D eigenvalue weighted by Gasteiger charge is -2.12. The lowest BCUT2D eigenvalue weighted by atomic mass is 10.1. The summed E-state index contributed by atoms with van der Waals surface area (Å²) in [5, 5.41) is 3.74. The van der Waals surface area contributed by atoms with Gasteiger partial charge in [-0.2, -0.15) is 4.98 Å². The zero-order chi connectivity index (χ0) is 22.9. The molecule has 0 spiro atoms. The first-order valence-corrected chi connectivity index (χ1v) is 9.37. The number of rotatable bonds is 10. The molecule has 9 nitrogen and oxygen atoms in total. The molecule has 0 saturated heterocycles. The van der Waals surface area contributed by atoms with Gasteiger partial charge in [-0.05, 0) is 36.4 Å². The molecule has 3 aromatic rings. The molecule has 1 aromatic heterocycles. The highest BCUT2D eigenvalue weighted by molar-refractivity contribution is 5.87. The van der Waals surface area contributed by atoms with Crippen LogP contribution < -0.4 is 18.9 Å². The standard InChI is InChI=1S/C22H21FN2O7/c1-27-17-11-19(29-3)18(28-2)10-14(17)4-9-22(26)31-13-21-24-20(25-32-21)12-30-16-7-5-15(23)6-8-16/h4-11H,12-13H2,1-3H3/b9-4+. The quantitative estimate of drug-likeness (QED) is 0.343. The van der Waals surface area contributed by atoms with Gasteiger partial charge < -0.3 is 28.2 Å². The molecule has 0 amide bonds. The van der Waals surface area contributed by atoms with E-state index >= 15 is 0 Å². The van der Waals surface area contributed by atoms with E-state index in [1.807, 2.05) is 0 Å². The van der Waals surface area contributed by atoms with E-state index < -0.39 is 5.97 Å². The fourth-order valence-corrected chi connectivity index (χ4v) is 2.61. The van der Waals surface area contributed by atoms with Crippen LogP contribution in [0.3, 0.4) is 0 Å². The summed E-state index contributed by atoms with van der Waals surface area (Å²) in [6.45, 7) is -0.197. The largest absolute Gasteiger partial charge is 0.496 e. The van der Waals surface area contributed by atoms with Crippen LogP contribution in [-0.2, 0) is 22.7 Å². The van der Waals surface area contributed by atoms with Crippen LogP contribution in [0.15, 0.2) is 47.0 Å². The van der Waals surface area contributed by atoms with Crippen molar-refractivity contribution in [3.8, 4) is 23.0 Å². The smallest absolute Gasteiger partial charge is 0.331 e. The highest BCUT2D eigenvalue weighted by atomic mass is 19.1. The number of halogens is 1. The molecule has 0 N–H and O–H groups in total. The summed E-state index contributed by atoms with van der Waals surface area (Å²) in [5.74, 6) is 1.32. The van der Waals surface area contributed by atoms with Crippen LogP contribution in [0.2, 0.25) is 0 Å². The van der Waals surface area contributed by atoms with E-state index in [0.717, 1.165) is 0 Å². The molecule has 3 rings (SSSR count). The van der Waals surface area contributed by atoms with Gasteiger partial charge >= 0.3 is 5.97 Å². The molecule has 0 aliphatic heterocycles. The first-order valence-electron chi connectivity index (χ1n) is 9.37. The van der Waals surface area contributed by atoms with Gasteiger partial charge in [0, 0.05) is 17.7 Å². The molecule has 0 radical (unpaired) electrons. The molecule has 1 heterocycles. The zero-order valence-corrected chi connectivity index (χ0v) is 17.7. The predicted octanol–water partition coefficient (Wildman–Crippen LogP) is 3.57. The Balaban J connectivity index is 1.54. The van der Waals surface area contributed by atoms with Crippen LogP contribution >= 0.6 is 0 Å². The number of hydrogen-bond donors (Lipinski definition) is 0. The number of hydrogen-bond acceptors (Lipinski definition) is 9. The fourth-order valence-electron chi connectivity index (χ4n) is 2.61. The van der Waals surface area contributed by atoms with E-state index in [0.29, 0.717) is 28.6 Å². The maximum atomic E-state index is 12.9. The molecule has 10 heteroatoms. The Morgan fingerprint density at radius 2 is 1.69 bits per heavy atom. The van der Waals surface area contributed by atoms with Crippen molar-refractivity contribution in [3.05, 3.63) is 65.6 Å². The minimum atomic E-state index is -0.621. The van der Waals surface area contributed by atoms with Gasteiger partial charge in [-0.25, -0.2) is 9.18 Å². The fraction of sp³-hybridized carbons (Fsp3) is 0.227. The summed E-state index contributed by atoms with van der Waals surface area (Å²) < 4.78 is 44.3. The van der Waals surface area contributed by atoms with Gasteiger partial charge in [-0.15, -0.1) is 0 Å². The Labute approximate surface area is 183 Å². The van der Waals surface area contributed by atoms with Crippen LogP contribution in [0, 0.1) is 5.82 Å². The monoisotopic (exact) mass is 444 g/mol. The number of nitrogens with zero attached hydrogens (tertiary/aromatic N) is 2. The summed E-state index contributed by atoms with van der Waals surface area (Å²) in [7, 11) is 4.53. The molecular weight excluding hydrogens is 423 g/mol. The molecule has 2 aromatic carbocycles. The second kappa shape index (κ2) is 10.8. The van der Waals surface area contributed by atoms with Gasteiger partial charge in [0.25, 0.3) is 5.89 Å². The van der Waals surface area contributed by atoms with Crippen LogP contribution in [-0.4, -0.2) is 37.4 Å². The van der Waals surface area contributed by atoms with Gasteiger partial charge in [0.05, 0.1) is 21.3 Å². The van der Waals surface area contributed by atoms with E-state index in [-0.39, 0.29) is 30.7 Å². The normalized spacial score (nSPS) is 10.8. The molecule has 0 fully saturated rings. The van der Waals surface area contributed by atoms with Gasteiger partial charge in [-0.3, -0.25) is 0 Å². The predicted molar refractivity (Wildman–Crippen MR) is 110 cm³/mol. The Kier molecular flexibility index (Phi) is 7.63. The van der Waals surface area contributed by atoms with E-state index in [9.17, 15) is 9.18 Å². The van der Waals surface area contributed by atoms with Gasteiger partial charge in [-0.1, -0.05) is 5.16 Å². The first-order chi connectivity index (χ1) is 15.5. The minimum absolute atomic E-state index is 0.0160. The second-order valence-electron chi connectivity index (χ2n) is 6.24. The summed E-state index contributed by atoms with van der Waals surface area (Å²) in [6, 6.07) is 8.85. The Bertz CT molecular complexity index is 1080. The van der Waals surface area contributed by atoms with Crippen molar-refractivity contribution in [2.45, 2.75) is 13.2 Å². The van der Waals surface area contributed by atoms with Crippen molar-refractivity contribution in [2.75, 3.05) is 21.3 Å². The third-order valence-corrected chi connectivity index (χ3v) is 4.16. The van der Waals surface area contributed by atoms with E-state index in [1.165, 1.54) is 57.7 Å². The molecule has 168 valence electrons. The molecule has 0 atom stereocenters. The number of carbonyl (C=O) groups excluding carboxylic acids is 1. The third kappa shape index (κ3) is 5.97. The zero-order valence-electron chi connectivity index (χ0n) is 17.7. The summed E-state index contributed by atoms with van der Waals surface area (Å²) in [4.78, 5) is 16.1. The Hall–Kier alpha value is -4.08. The van der Waals surface area contributed by atoms with Crippen molar-refractivity contribution < 1.29 is 37.4 Å². The summed E-state index contributed by atoms with van der Waals surface area (Å²) >= 11 is 0. The average molecular weight is 444 g/mol. The van der Waals surface area contributed by atoms with Crippen LogP contribution in [0.1, 0.15) is 17.3 Å². The lowest BCUT2D eigenvalue weighted by molar-refractivity contribution is -0.139. The van der Waals surface area contributed by atoms with Crippen LogP contribution in [0.25, 0.3) is 6.08 Å². The van der Waals surface area contributed by atoms with Crippen LogP contribution in [0.4, 0.5) is 4.39 Å². The lowest BCUT2D eigenvalue weighted by Crippen LogP contribution is -2.02. The highest BCUT2D eigenvalue weighted by Gasteiger charge is 2.12. The van der Waals surface area contributed by atoms with E-state index in [1.54, 1.807) is 12.1 Å². The van der Waals surface area contributed by atoms with E-state index in [2.05, 4.69) is 10.1 Å². The average Bonchev–Trinajstić information content (AvgIpc) is 3.28. The number of ether oxygens (including phenoxy) is 5. The first kappa shape index (κ1) is 22.6. The maximum absolute atomic E-state index is 12.9. The second-order valence-corrected chi connectivity index (χ2v) is 6.24.